The molecule has 0 bridgehead atoms. The number of carboxylic acid groups (broad SMARTS) is 1. The van der Waals surface area contributed by atoms with Crippen LogP contribution in [0.3, 0.4) is 0 Å². The van der Waals surface area contributed by atoms with Crippen molar-refractivity contribution < 1.29 is 32.9 Å². The first-order valence-corrected chi connectivity index (χ1v) is 6.59. The van der Waals surface area contributed by atoms with E-state index in [1.165, 1.54) is 39.2 Å². The van der Waals surface area contributed by atoms with Gasteiger partial charge in [-0.2, -0.15) is 13.2 Å². The summed E-state index contributed by atoms with van der Waals surface area (Å²) >= 11 is 5.85. The average Bonchev–Trinajstić information content (AvgIpc) is 2.36. The zero-order valence-corrected chi connectivity index (χ0v) is 12.9. The number of rotatable bonds is 5. The summed E-state index contributed by atoms with van der Waals surface area (Å²) in [5.41, 5.74) is -4.78. The third-order valence-corrected chi connectivity index (χ3v) is 3.77. The molecule has 22 heavy (non-hydrogen) atoms. The van der Waals surface area contributed by atoms with Gasteiger partial charge in [0, 0.05) is 6.42 Å². The van der Waals surface area contributed by atoms with E-state index >= 15 is 0 Å². The molecule has 1 aromatic carbocycles. The van der Waals surface area contributed by atoms with E-state index in [1.807, 2.05) is 0 Å². The maximum Gasteiger partial charge on any atom is 0.428 e. The zero-order valence-electron chi connectivity index (χ0n) is 12.2. The molecule has 0 heterocycles. The molecular formula is C14H16ClF3O4. The Labute approximate surface area is 130 Å². The monoisotopic (exact) mass is 340 g/mol. The summed E-state index contributed by atoms with van der Waals surface area (Å²) in [6.45, 7) is 2.80. The molecule has 0 spiro atoms. The van der Waals surface area contributed by atoms with E-state index in [9.17, 15) is 23.1 Å². The first kappa shape index (κ1) is 18.6. The Kier molecular flexibility index (Phi) is 5.04. The lowest BCUT2D eigenvalue weighted by atomic mass is 9.75. The van der Waals surface area contributed by atoms with Gasteiger partial charge >= 0.3 is 12.1 Å². The lowest BCUT2D eigenvalue weighted by molar-refractivity contribution is -0.265. The lowest BCUT2D eigenvalue weighted by Crippen LogP contribution is -2.55. The topological polar surface area (TPSA) is 66.8 Å². The number of hydrogen-bond donors (Lipinski definition) is 2. The van der Waals surface area contributed by atoms with Gasteiger partial charge in [-0.15, -0.1) is 0 Å². The molecule has 0 aliphatic heterocycles. The third-order valence-electron chi connectivity index (χ3n) is 3.45. The summed E-state index contributed by atoms with van der Waals surface area (Å²) in [5, 5.41) is 18.7. The van der Waals surface area contributed by atoms with Crippen molar-refractivity contribution in [1.29, 1.82) is 0 Å². The second-order valence-electron chi connectivity index (χ2n) is 5.57. The van der Waals surface area contributed by atoms with Gasteiger partial charge in [0.1, 0.15) is 5.75 Å². The SMILES string of the molecule is COc1cc(C(C)(C)CC(O)(C(=O)O)C(F)(F)F)ccc1Cl. The number of carbonyl (C=O) groups is 1. The second-order valence-corrected chi connectivity index (χ2v) is 5.98. The molecule has 4 nitrogen and oxygen atoms in total. The van der Waals surface area contributed by atoms with Crippen LogP contribution in [0.25, 0.3) is 0 Å². The minimum atomic E-state index is -5.30. The molecule has 8 heteroatoms. The Morgan fingerprint density at radius 3 is 2.27 bits per heavy atom. The Morgan fingerprint density at radius 2 is 1.86 bits per heavy atom. The lowest BCUT2D eigenvalue weighted by Gasteiger charge is -2.35. The highest BCUT2D eigenvalue weighted by atomic mass is 35.5. The molecule has 0 aliphatic rings. The zero-order chi connectivity index (χ0) is 17.3. The fraction of sp³-hybridized carbons (Fsp3) is 0.500. The second kappa shape index (κ2) is 5.96. The van der Waals surface area contributed by atoms with Gasteiger partial charge in [-0.25, -0.2) is 4.79 Å². The summed E-state index contributed by atoms with van der Waals surface area (Å²) in [5.74, 6) is -2.09. The largest absolute Gasteiger partial charge is 0.495 e. The molecule has 0 aromatic heterocycles. The fourth-order valence-corrected chi connectivity index (χ4v) is 2.31. The first-order chi connectivity index (χ1) is 9.85. The molecule has 2 N–H and O–H groups in total. The standard InChI is InChI=1S/C14H16ClF3O4/c1-12(2,7-13(21,11(19)20)14(16,17)18)8-4-5-9(15)10(6-8)22-3/h4-6,21H,7H2,1-3H3,(H,19,20). The van der Waals surface area contributed by atoms with E-state index in [0.29, 0.717) is 5.56 Å². The van der Waals surface area contributed by atoms with Crippen molar-refractivity contribution in [2.24, 2.45) is 0 Å². The summed E-state index contributed by atoms with van der Waals surface area (Å²) < 4.78 is 43.8. The van der Waals surface area contributed by atoms with Gasteiger partial charge in [0.15, 0.2) is 0 Å². The van der Waals surface area contributed by atoms with Gasteiger partial charge in [0.05, 0.1) is 12.1 Å². The number of benzene rings is 1. The molecule has 1 atom stereocenters. The van der Waals surface area contributed by atoms with Gasteiger partial charge in [-0.05, 0) is 23.1 Å². The fourth-order valence-electron chi connectivity index (χ4n) is 2.12. The van der Waals surface area contributed by atoms with Crippen LogP contribution in [-0.2, 0) is 10.2 Å². The molecule has 1 rings (SSSR count). The quantitative estimate of drug-likeness (QED) is 0.862. The number of alkyl halides is 3. The Bertz CT molecular complexity index is 572. The predicted molar refractivity (Wildman–Crippen MR) is 74.3 cm³/mol. The summed E-state index contributed by atoms with van der Waals surface area (Å²) in [6.07, 6.45) is -6.35. The Hall–Kier alpha value is -1.47. The molecule has 0 saturated heterocycles. The van der Waals surface area contributed by atoms with E-state index < -0.39 is 29.6 Å². The van der Waals surface area contributed by atoms with Gasteiger partial charge in [0.25, 0.3) is 5.60 Å². The Balaban J connectivity index is 3.26. The van der Waals surface area contributed by atoms with E-state index in [-0.39, 0.29) is 10.8 Å². The number of halogens is 4. The number of hydrogen-bond acceptors (Lipinski definition) is 3. The molecule has 0 amide bonds. The number of methoxy groups -OCH3 is 1. The summed E-state index contributed by atoms with van der Waals surface area (Å²) in [4.78, 5) is 10.9. The molecule has 1 aromatic rings. The number of carboxylic acids is 1. The minimum Gasteiger partial charge on any atom is -0.495 e. The average molecular weight is 341 g/mol. The van der Waals surface area contributed by atoms with Crippen LogP contribution in [0.4, 0.5) is 13.2 Å². The Morgan fingerprint density at radius 1 is 1.32 bits per heavy atom. The predicted octanol–water partition coefficient (Wildman–Crippen LogP) is 3.39. The van der Waals surface area contributed by atoms with E-state index in [2.05, 4.69) is 0 Å². The van der Waals surface area contributed by atoms with Crippen molar-refractivity contribution >= 4 is 17.6 Å². The smallest absolute Gasteiger partial charge is 0.428 e. The van der Waals surface area contributed by atoms with Crippen LogP contribution in [0, 0.1) is 0 Å². The molecule has 0 fully saturated rings. The molecule has 1 unspecified atom stereocenters. The van der Waals surface area contributed by atoms with Crippen molar-refractivity contribution in [2.45, 2.75) is 37.5 Å². The minimum absolute atomic E-state index is 0.248. The van der Waals surface area contributed by atoms with E-state index in [4.69, 9.17) is 21.4 Å². The molecule has 0 aliphatic carbocycles. The number of aliphatic hydroxyl groups is 1. The van der Waals surface area contributed by atoms with Crippen LogP contribution < -0.4 is 4.74 Å². The highest BCUT2D eigenvalue weighted by molar-refractivity contribution is 6.32. The maximum absolute atomic E-state index is 12.9. The van der Waals surface area contributed by atoms with Crippen LogP contribution in [0.5, 0.6) is 5.75 Å². The molecule has 0 radical (unpaired) electrons. The van der Waals surface area contributed by atoms with Crippen LogP contribution in [0.2, 0.25) is 5.02 Å². The van der Waals surface area contributed by atoms with Crippen molar-refractivity contribution in [3.8, 4) is 5.75 Å². The van der Waals surface area contributed by atoms with E-state index in [1.54, 1.807) is 0 Å². The normalized spacial score (nSPS) is 15.3. The van der Waals surface area contributed by atoms with Crippen molar-refractivity contribution in [2.75, 3.05) is 7.11 Å². The molecular weight excluding hydrogens is 325 g/mol. The van der Waals surface area contributed by atoms with Crippen LogP contribution in [0.1, 0.15) is 25.8 Å². The third kappa shape index (κ3) is 3.47. The molecule has 124 valence electrons. The number of ether oxygens (including phenoxy) is 1. The van der Waals surface area contributed by atoms with E-state index in [0.717, 1.165) is 0 Å². The van der Waals surface area contributed by atoms with Crippen molar-refractivity contribution in [1.82, 2.24) is 0 Å². The van der Waals surface area contributed by atoms with Gasteiger partial charge in [-0.1, -0.05) is 31.5 Å². The highest BCUT2D eigenvalue weighted by Crippen LogP contribution is 2.42. The van der Waals surface area contributed by atoms with Gasteiger partial charge in [0.2, 0.25) is 0 Å². The van der Waals surface area contributed by atoms with Crippen LogP contribution >= 0.6 is 11.6 Å². The number of aliphatic carboxylic acids is 1. The maximum atomic E-state index is 12.9. The molecule has 0 saturated carbocycles. The van der Waals surface area contributed by atoms with Gasteiger partial charge < -0.3 is 14.9 Å². The highest BCUT2D eigenvalue weighted by Gasteiger charge is 2.61. The van der Waals surface area contributed by atoms with Gasteiger partial charge in [-0.3, -0.25) is 0 Å². The summed E-state index contributed by atoms with van der Waals surface area (Å²) in [7, 11) is 1.35. The van der Waals surface area contributed by atoms with Crippen LogP contribution in [0.15, 0.2) is 18.2 Å². The summed E-state index contributed by atoms with van der Waals surface area (Å²) in [6, 6.07) is 4.31. The first-order valence-electron chi connectivity index (χ1n) is 6.21. The van der Waals surface area contributed by atoms with Crippen molar-refractivity contribution in [3.05, 3.63) is 28.8 Å². The van der Waals surface area contributed by atoms with Crippen molar-refractivity contribution in [3.63, 3.8) is 0 Å². The van der Waals surface area contributed by atoms with Crippen LogP contribution in [-0.4, -0.2) is 35.1 Å².